The highest BCUT2D eigenvalue weighted by atomic mass is 16.4. The summed E-state index contributed by atoms with van der Waals surface area (Å²) in [5, 5.41) is 0. The second-order valence-corrected chi connectivity index (χ2v) is 4.86. The van der Waals surface area contributed by atoms with Gasteiger partial charge in [-0.05, 0) is 29.2 Å². The molecular formula is C15H14BN3O. The van der Waals surface area contributed by atoms with Crippen molar-refractivity contribution in [1.82, 2.24) is 4.98 Å². The van der Waals surface area contributed by atoms with Crippen LogP contribution in [0.3, 0.4) is 0 Å². The monoisotopic (exact) mass is 263 g/mol. The average Bonchev–Trinajstić information content (AvgIpc) is 2.87. The summed E-state index contributed by atoms with van der Waals surface area (Å²) in [6.45, 7) is 9.94. The molecule has 1 aromatic heterocycles. The molecule has 1 aromatic carbocycles. The van der Waals surface area contributed by atoms with Gasteiger partial charge < -0.3 is 14.4 Å². The molecule has 0 amide bonds. The Bertz CT molecular complexity index is 696. The maximum absolute atomic E-state index is 7.04. The van der Waals surface area contributed by atoms with E-state index < -0.39 is 0 Å². The fourth-order valence-corrected chi connectivity index (χ4v) is 2.42. The van der Waals surface area contributed by atoms with Gasteiger partial charge in [-0.3, -0.25) is 0 Å². The minimum Gasteiger partial charge on any atom is -0.427 e. The number of aromatic nitrogens is 1. The number of nitrogens with zero attached hydrogens (tertiary/aromatic N) is 3. The molecular weight excluding hydrogens is 249 g/mol. The number of fused-ring (bicyclic) bond motifs is 1. The first-order valence-corrected chi connectivity index (χ1v) is 6.51. The number of anilines is 2. The van der Waals surface area contributed by atoms with Crippen molar-refractivity contribution in [2.75, 3.05) is 11.9 Å². The van der Waals surface area contributed by atoms with E-state index in [4.69, 9.17) is 11.2 Å². The van der Waals surface area contributed by atoms with Gasteiger partial charge in [0.1, 0.15) is 0 Å². The van der Waals surface area contributed by atoms with E-state index in [2.05, 4.69) is 34.9 Å². The van der Waals surface area contributed by atoms with Gasteiger partial charge in [0.05, 0.1) is 6.61 Å². The van der Waals surface area contributed by atoms with Gasteiger partial charge in [-0.25, -0.2) is 0 Å². The summed E-state index contributed by atoms with van der Waals surface area (Å²) in [7, 11) is 1.96. The van der Waals surface area contributed by atoms with Crippen molar-refractivity contribution in [2.45, 2.75) is 13.4 Å². The molecule has 0 atom stereocenters. The van der Waals surface area contributed by atoms with Crippen molar-refractivity contribution in [1.29, 1.82) is 0 Å². The standard InChI is InChI=1S/C15H14BN3O/c1-16-13-8-7-12(9-11(13)10-20-16)19(3)15-6-4-5-14(17-2)18-15/h4-9H,10H2,1,3H3. The predicted octanol–water partition coefficient (Wildman–Crippen LogP) is 2.76. The van der Waals surface area contributed by atoms with Gasteiger partial charge in [-0.2, -0.15) is 0 Å². The Hall–Kier alpha value is -2.32. The van der Waals surface area contributed by atoms with Gasteiger partial charge in [0.2, 0.25) is 5.82 Å². The van der Waals surface area contributed by atoms with Crippen LogP contribution in [0.15, 0.2) is 36.4 Å². The topological polar surface area (TPSA) is 29.7 Å². The van der Waals surface area contributed by atoms with E-state index in [1.807, 2.05) is 24.1 Å². The largest absolute Gasteiger partial charge is 0.427 e. The van der Waals surface area contributed by atoms with Gasteiger partial charge in [0, 0.05) is 18.8 Å². The molecule has 1 aliphatic rings. The predicted molar refractivity (Wildman–Crippen MR) is 81.0 cm³/mol. The number of rotatable bonds is 2. The third kappa shape index (κ3) is 2.15. The highest BCUT2D eigenvalue weighted by Gasteiger charge is 2.24. The van der Waals surface area contributed by atoms with Crippen LogP contribution in [0.1, 0.15) is 5.56 Å². The van der Waals surface area contributed by atoms with E-state index in [9.17, 15) is 0 Å². The van der Waals surface area contributed by atoms with Gasteiger partial charge >= 0.3 is 6.92 Å². The van der Waals surface area contributed by atoms with Gasteiger partial charge in [0.25, 0.3) is 5.82 Å². The molecule has 0 saturated carbocycles. The lowest BCUT2D eigenvalue weighted by Gasteiger charge is -2.16. The van der Waals surface area contributed by atoms with E-state index in [1.165, 1.54) is 11.0 Å². The van der Waals surface area contributed by atoms with E-state index >= 15 is 0 Å². The van der Waals surface area contributed by atoms with E-state index in [-0.39, 0.29) is 6.92 Å². The molecule has 0 radical (unpaired) electrons. The first kappa shape index (κ1) is 12.7. The average molecular weight is 263 g/mol. The molecule has 0 spiro atoms. The van der Waals surface area contributed by atoms with Crippen LogP contribution in [0, 0.1) is 6.57 Å². The Kier molecular flexibility index (Phi) is 3.17. The van der Waals surface area contributed by atoms with Gasteiger partial charge in [0.15, 0.2) is 0 Å². The zero-order chi connectivity index (χ0) is 14.1. The van der Waals surface area contributed by atoms with Crippen LogP contribution < -0.4 is 10.4 Å². The summed E-state index contributed by atoms with van der Waals surface area (Å²) in [6.07, 6.45) is 0. The number of hydrogen-bond acceptors (Lipinski definition) is 3. The van der Waals surface area contributed by atoms with Crippen LogP contribution in [-0.4, -0.2) is 18.9 Å². The first-order chi connectivity index (χ1) is 9.69. The number of benzene rings is 1. The van der Waals surface area contributed by atoms with Crippen LogP contribution >= 0.6 is 0 Å². The van der Waals surface area contributed by atoms with Gasteiger partial charge in [-0.1, -0.05) is 25.5 Å². The van der Waals surface area contributed by atoms with Crippen molar-refractivity contribution < 1.29 is 4.65 Å². The van der Waals surface area contributed by atoms with Crippen molar-refractivity contribution in [3.8, 4) is 0 Å². The summed E-state index contributed by atoms with van der Waals surface area (Å²) in [4.78, 5) is 9.67. The van der Waals surface area contributed by atoms with E-state index in [1.54, 1.807) is 6.07 Å². The molecule has 1 aliphatic heterocycles. The summed E-state index contributed by atoms with van der Waals surface area (Å²) in [5.41, 5.74) is 3.53. The summed E-state index contributed by atoms with van der Waals surface area (Å²) >= 11 is 0. The van der Waals surface area contributed by atoms with Crippen LogP contribution in [0.5, 0.6) is 0 Å². The Morgan fingerprint density at radius 3 is 3.00 bits per heavy atom. The van der Waals surface area contributed by atoms with E-state index in [0.29, 0.717) is 12.4 Å². The van der Waals surface area contributed by atoms with Crippen LogP contribution in [0.25, 0.3) is 4.85 Å². The summed E-state index contributed by atoms with van der Waals surface area (Å²) in [5.74, 6) is 1.18. The maximum atomic E-state index is 7.04. The maximum Gasteiger partial charge on any atom is 0.324 e. The lowest BCUT2D eigenvalue weighted by Crippen LogP contribution is -2.24. The third-order valence-electron chi connectivity index (χ3n) is 3.62. The zero-order valence-electron chi connectivity index (χ0n) is 11.5. The zero-order valence-corrected chi connectivity index (χ0v) is 11.5. The summed E-state index contributed by atoms with van der Waals surface area (Å²) in [6, 6.07) is 11.8. The molecule has 0 aliphatic carbocycles. The lowest BCUT2D eigenvalue weighted by molar-refractivity contribution is 0.333. The Morgan fingerprint density at radius 2 is 2.20 bits per heavy atom. The fraction of sp³-hybridized carbons (Fsp3) is 0.200. The molecule has 2 aromatic rings. The molecule has 2 heterocycles. The van der Waals surface area contributed by atoms with Crippen molar-refractivity contribution in [2.24, 2.45) is 0 Å². The molecule has 20 heavy (non-hydrogen) atoms. The molecule has 0 fully saturated rings. The van der Waals surface area contributed by atoms with Gasteiger partial charge in [-0.15, -0.1) is 4.98 Å². The highest BCUT2D eigenvalue weighted by molar-refractivity contribution is 6.67. The summed E-state index contributed by atoms with van der Waals surface area (Å²) < 4.78 is 5.63. The van der Waals surface area contributed by atoms with Crippen molar-refractivity contribution >= 4 is 29.7 Å². The Labute approximate surface area is 118 Å². The SMILES string of the molecule is [C-]#[N+]c1cccc(N(C)c2ccc3c(c2)COB3C)n1. The molecule has 0 N–H and O–H groups in total. The molecule has 0 saturated heterocycles. The smallest absolute Gasteiger partial charge is 0.324 e. The van der Waals surface area contributed by atoms with E-state index in [0.717, 1.165) is 11.5 Å². The minimum atomic E-state index is 0.174. The Balaban J connectivity index is 1.95. The molecule has 5 heteroatoms. The van der Waals surface area contributed by atoms with Crippen molar-refractivity contribution in [3.05, 3.63) is 53.4 Å². The molecule has 0 bridgehead atoms. The fourth-order valence-electron chi connectivity index (χ4n) is 2.42. The number of hydrogen-bond donors (Lipinski definition) is 0. The van der Waals surface area contributed by atoms with Crippen LogP contribution in [-0.2, 0) is 11.3 Å². The molecule has 4 nitrogen and oxygen atoms in total. The van der Waals surface area contributed by atoms with Crippen LogP contribution in [0.2, 0.25) is 6.82 Å². The minimum absolute atomic E-state index is 0.174. The quantitative estimate of drug-likeness (QED) is 0.616. The second kappa shape index (κ2) is 4.99. The molecule has 3 rings (SSSR count). The first-order valence-electron chi connectivity index (χ1n) is 6.51. The Morgan fingerprint density at radius 1 is 1.35 bits per heavy atom. The lowest BCUT2D eigenvalue weighted by atomic mass is 9.64. The number of pyridine rings is 1. The normalized spacial score (nSPS) is 12.9. The second-order valence-electron chi connectivity index (χ2n) is 4.86. The van der Waals surface area contributed by atoms with Crippen molar-refractivity contribution in [3.63, 3.8) is 0 Å². The van der Waals surface area contributed by atoms with Crippen LogP contribution in [0.4, 0.5) is 17.3 Å². The molecule has 0 unspecified atom stereocenters. The highest BCUT2D eigenvalue weighted by Crippen LogP contribution is 2.25. The third-order valence-corrected chi connectivity index (χ3v) is 3.62. The molecule has 98 valence electrons.